The number of rotatable bonds is 3. The van der Waals surface area contributed by atoms with Crippen molar-refractivity contribution < 1.29 is 27.4 Å². The van der Waals surface area contributed by atoms with Gasteiger partial charge in [-0.3, -0.25) is 4.98 Å². The number of aryl methyl sites for hydroxylation is 1. The summed E-state index contributed by atoms with van der Waals surface area (Å²) in [6.07, 6.45) is -3.55. The van der Waals surface area contributed by atoms with Gasteiger partial charge in [-0.15, -0.1) is 13.2 Å². The molecule has 2 rings (SSSR count). The smallest absolute Gasteiger partial charge is 0.465 e. The Bertz CT molecular complexity index is 665. The second-order valence-corrected chi connectivity index (χ2v) is 4.13. The minimum atomic E-state index is -4.86. The number of alkyl halides is 3. The molecule has 0 atom stereocenters. The highest BCUT2D eigenvalue weighted by atomic mass is 19.4. The molecule has 0 aliphatic carbocycles. The van der Waals surface area contributed by atoms with Crippen molar-refractivity contribution in [1.82, 2.24) is 9.97 Å². The summed E-state index contributed by atoms with van der Waals surface area (Å²) in [5.41, 5.74) is 0.650. The number of carbonyl (C=O) groups is 1. The van der Waals surface area contributed by atoms with Crippen LogP contribution >= 0.6 is 0 Å². The number of hydrogen-bond donors (Lipinski definition) is 1. The van der Waals surface area contributed by atoms with E-state index >= 15 is 0 Å². The lowest BCUT2D eigenvalue weighted by atomic mass is 10.1. The SMILES string of the molecule is COC(=O)c1cc(C)[nH]c1-c1ncccc1OC(F)(F)F. The zero-order chi connectivity index (χ0) is 15.6. The maximum atomic E-state index is 12.4. The Morgan fingerprint density at radius 1 is 1.38 bits per heavy atom. The summed E-state index contributed by atoms with van der Waals surface area (Å²) in [5.74, 6) is -1.19. The summed E-state index contributed by atoms with van der Waals surface area (Å²) in [6.45, 7) is 1.66. The van der Waals surface area contributed by atoms with Crippen LogP contribution in [0, 0.1) is 6.92 Å². The molecule has 8 heteroatoms. The van der Waals surface area contributed by atoms with E-state index in [2.05, 4.69) is 19.4 Å². The maximum Gasteiger partial charge on any atom is 0.573 e. The number of aromatic nitrogens is 2. The number of methoxy groups -OCH3 is 1. The molecule has 0 unspecified atom stereocenters. The first-order valence-electron chi connectivity index (χ1n) is 5.81. The van der Waals surface area contributed by atoms with E-state index in [9.17, 15) is 18.0 Å². The zero-order valence-corrected chi connectivity index (χ0v) is 11.1. The molecule has 0 radical (unpaired) electrons. The third-order valence-electron chi connectivity index (χ3n) is 2.59. The number of nitrogens with zero attached hydrogens (tertiary/aromatic N) is 1. The van der Waals surface area contributed by atoms with Crippen LogP contribution in [0.4, 0.5) is 13.2 Å². The van der Waals surface area contributed by atoms with Crippen LogP contribution < -0.4 is 4.74 Å². The van der Waals surface area contributed by atoms with Crippen LogP contribution in [-0.2, 0) is 4.74 Å². The summed E-state index contributed by atoms with van der Waals surface area (Å²) in [7, 11) is 1.18. The van der Waals surface area contributed by atoms with E-state index in [0.717, 1.165) is 6.07 Å². The second-order valence-electron chi connectivity index (χ2n) is 4.13. The molecule has 0 bridgehead atoms. The predicted molar refractivity (Wildman–Crippen MR) is 66.8 cm³/mol. The van der Waals surface area contributed by atoms with Gasteiger partial charge < -0.3 is 14.5 Å². The number of aromatic amines is 1. The van der Waals surface area contributed by atoms with Gasteiger partial charge in [0.1, 0.15) is 5.69 Å². The first kappa shape index (κ1) is 14.9. The lowest BCUT2D eigenvalue weighted by molar-refractivity contribution is -0.274. The summed E-state index contributed by atoms with van der Waals surface area (Å²) >= 11 is 0. The first-order valence-corrected chi connectivity index (χ1v) is 5.81. The normalized spacial score (nSPS) is 11.3. The van der Waals surface area contributed by atoms with E-state index in [4.69, 9.17) is 0 Å². The van der Waals surface area contributed by atoms with E-state index in [1.807, 2.05) is 0 Å². The molecule has 1 N–H and O–H groups in total. The molecule has 0 amide bonds. The van der Waals surface area contributed by atoms with Crippen LogP contribution in [0.3, 0.4) is 0 Å². The number of ether oxygens (including phenoxy) is 2. The monoisotopic (exact) mass is 300 g/mol. The Kier molecular flexibility index (Phi) is 3.88. The van der Waals surface area contributed by atoms with Crippen molar-refractivity contribution in [3.63, 3.8) is 0 Å². The number of nitrogens with one attached hydrogen (secondary N) is 1. The number of carbonyl (C=O) groups excluding carboxylic acids is 1. The number of pyridine rings is 1. The Balaban J connectivity index is 2.55. The lowest BCUT2D eigenvalue weighted by Crippen LogP contribution is -2.18. The van der Waals surface area contributed by atoms with E-state index < -0.39 is 18.1 Å². The van der Waals surface area contributed by atoms with Crippen molar-refractivity contribution in [1.29, 1.82) is 0 Å². The number of hydrogen-bond acceptors (Lipinski definition) is 4. The Morgan fingerprint density at radius 3 is 2.71 bits per heavy atom. The average Bonchev–Trinajstić information content (AvgIpc) is 2.78. The molecule has 2 aromatic rings. The highest BCUT2D eigenvalue weighted by Crippen LogP contribution is 2.33. The van der Waals surface area contributed by atoms with Gasteiger partial charge in [-0.1, -0.05) is 0 Å². The third kappa shape index (κ3) is 3.33. The van der Waals surface area contributed by atoms with E-state index in [-0.39, 0.29) is 17.0 Å². The van der Waals surface area contributed by atoms with Gasteiger partial charge in [-0.05, 0) is 25.1 Å². The predicted octanol–water partition coefficient (Wildman–Crippen LogP) is 3.07. The minimum absolute atomic E-state index is 0.0840. The van der Waals surface area contributed by atoms with Crippen molar-refractivity contribution in [3.8, 4) is 17.1 Å². The molecule has 0 fully saturated rings. The number of H-pyrrole nitrogens is 1. The molecule has 0 aromatic carbocycles. The standard InChI is InChI=1S/C13H11F3N2O3/c1-7-6-8(12(19)20-2)10(18-7)11-9(4-3-5-17-11)21-13(14,15)16/h3-6,18H,1-2H3. The van der Waals surface area contributed by atoms with Crippen molar-refractivity contribution in [3.05, 3.63) is 35.7 Å². The number of esters is 1. The van der Waals surface area contributed by atoms with Gasteiger partial charge in [0.05, 0.1) is 18.4 Å². The van der Waals surface area contributed by atoms with Crippen LogP contribution in [0.25, 0.3) is 11.4 Å². The summed E-state index contributed by atoms with van der Waals surface area (Å²) in [5, 5.41) is 0. The molecule has 112 valence electrons. The van der Waals surface area contributed by atoms with Crippen LogP contribution in [0.5, 0.6) is 5.75 Å². The van der Waals surface area contributed by atoms with Crippen LogP contribution in [0.2, 0.25) is 0 Å². The van der Waals surface area contributed by atoms with Crippen LogP contribution in [-0.4, -0.2) is 29.4 Å². The van der Waals surface area contributed by atoms with Crippen LogP contribution in [0.1, 0.15) is 16.1 Å². The first-order chi connectivity index (χ1) is 9.81. The lowest BCUT2D eigenvalue weighted by Gasteiger charge is -2.12. The molecular formula is C13H11F3N2O3. The highest BCUT2D eigenvalue weighted by molar-refractivity contribution is 5.96. The topological polar surface area (TPSA) is 64.2 Å². The maximum absolute atomic E-state index is 12.4. The zero-order valence-electron chi connectivity index (χ0n) is 11.1. The molecule has 21 heavy (non-hydrogen) atoms. The van der Waals surface area contributed by atoms with Crippen molar-refractivity contribution in [2.24, 2.45) is 0 Å². The average molecular weight is 300 g/mol. The fraction of sp³-hybridized carbons (Fsp3) is 0.231. The number of halogens is 3. The Morgan fingerprint density at radius 2 is 2.10 bits per heavy atom. The Labute approximate surface area is 117 Å². The Hall–Kier alpha value is -2.51. The molecule has 0 saturated heterocycles. The van der Waals surface area contributed by atoms with Crippen LogP contribution in [0.15, 0.2) is 24.4 Å². The van der Waals surface area contributed by atoms with Crippen molar-refractivity contribution >= 4 is 5.97 Å². The van der Waals surface area contributed by atoms with Gasteiger partial charge in [-0.25, -0.2) is 4.79 Å². The summed E-state index contributed by atoms with van der Waals surface area (Å²) < 4.78 is 45.8. The van der Waals surface area contributed by atoms with E-state index in [0.29, 0.717) is 5.69 Å². The second kappa shape index (κ2) is 5.47. The fourth-order valence-electron chi connectivity index (χ4n) is 1.83. The molecule has 0 saturated carbocycles. The van der Waals surface area contributed by atoms with Gasteiger partial charge in [0.15, 0.2) is 5.75 Å². The van der Waals surface area contributed by atoms with Gasteiger partial charge in [0.2, 0.25) is 0 Å². The molecule has 5 nitrogen and oxygen atoms in total. The van der Waals surface area contributed by atoms with Crippen molar-refractivity contribution in [2.75, 3.05) is 7.11 Å². The molecule has 2 heterocycles. The van der Waals surface area contributed by atoms with Crippen molar-refractivity contribution in [2.45, 2.75) is 13.3 Å². The summed E-state index contributed by atoms with van der Waals surface area (Å²) in [4.78, 5) is 18.3. The van der Waals surface area contributed by atoms with E-state index in [1.165, 1.54) is 25.4 Å². The fourth-order valence-corrected chi connectivity index (χ4v) is 1.83. The highest BCUT2D eigenvalue weighted by Gasteiger charge is 2.33. The minimum Gasteiger partial charge on any atom is -0.465 e. The van der Waals surface area contributed by atoms with Gasteiger partial charge in [0, 0.05) is 11.9 Å². The molecule has 0 aliphatic rings. The molecular weight excluding hydrogens is 289 g/mol. The largest absolute Gasteiger partial charge is 0.573 e. The molecule has 0 aliphatic heterocycles. The van der Waals surface area contributed by atoms with Gasteiger partial charge >= 0.3 is 12.3 Å². The molecule has 2 aromatic heterocycles. The molecule has 0 spiro atoms. The van der Waals surface area contributed by atoms with Gasteiger partial charge in [-0.2, -0.15) is 0 Å². The summed E-state index contributed by atoms with van der Waals surface area (Å²) in [6, 6.07) is 3.89. The quantitative estimate of drug-likeness (QED) is 0.885. The third-order valence-corrected chi connectivity index (χ3v) is 2.59. The van der Waals surface area contributed by atoms with Gasteiger partial charge in [0.25, 0.3) is 0 Å². The van der Waals surface area contributed by atoms with E-state index in [1.54, 1.807) is 6.92 Å².